The maximum absolute atomic E-state index is 12.5. The van der Waals surface area contributed by atoms with Crippen LogP contribution in [-0.4, -0.2) is 41.7 Å². The van der Waals surface area contributed by atoms with Gasteiger partial charge >= 0.3 is 0 Å². The van der Waals surface area contributed by atoms with Crippen molar-refractivity contribution < 1.29 is 4.79 Å². The van der Waals surface area contributed by atoms with E-state index in [1.165, 1.54) is 0 Å². The van der Waals surface area contributed by atoms with E-state index in [0.29, 0.717) is 5.69 Å². The van der Waals surface area contributed by atoms with Gasteiger partial charge in [-0.15, -0.1) is 15.3 Å². The second-order valence-electron chi connectivity index (χ2n) is 7.04. The molecule has 2 aromatic heterocycles. The van der Waals surface area contributed by atoms with Crippen LogP contribution in [0, 0.1) is 0 Å². The summed E-state index contributed by atoms with van der Waals surface area (Å²) in [5.41, 5.74) is 6.26. The molecule has 0 bridgehead atoms. The van der Waals surface area contributed by atoms with Crippen molar-refractivity contribution in [3.8, 4) is 0 Å². The van der Waals surface area contributed by atoms with E-state index >= 15 is 0 Å². The van der Waals surface area contributed by atoms with Crippen LogP contribution in [0.3, 0.4) is 0 Å². The predicted octanol–water partition coefficient (Wildman–Crippen LogP) is 1.38. The molecule has 3 rings (SSSR count). The molecule has 136 valence electrons. The van der Waals surface area contributed by atoms with Gasteiger partial charge in [-0.25, -0.2) is 4.68 Å². The van der Waals surface area contributed by atoms with E-state index in [-0.39, 0.29) is 30.1 Å². The lowest BCUT2D eigenvalue weighted by molar-refractivity contribution is 0.0932. The van der Waals surface area contributed by atoms with Gasteiger partial charge < -0.3 is 15.6 Å². The van der Waals surface area contributed by atoms with Gasteiger partial charge in [0.2, 0.25) is 0 Å². The van der Waals surface area contributed by atoms with Crippen LogP contribution in [0.15, 0.2) is 12.5 Å². The third-order valence-corrected chi connectivity index (χ3v) is 4.75. The zero-order valence-electron chi connectivity index (χ0n) is 15.0. The van der Waals surface area contributed by atoms with Gasteiger partial charge in [0.15, 0.2) is 11.5 Å². The SMILES string of the molecule is CC(C)n1cnnc1[C@@H](C)NC(=O)c1cn(C2CCC(N)CC2)nn1. The highest BCUT2D eigenvalue weighted by molar-refractivity contribution is 5.92. The molecule has 0 saturated heterocycles. The standard InChI is InChI=1S/C16H26N8O/c1-10(2)23-9-18-21-15(23)11(3)19-16(25)14-8-24(22-20-14)13-6-4-12(17)5-7-13/h8-13H,4-7,17H2,1-3H3,(H,19,25)/t11-,12?,13?/m1/s1. The van der Waals surface area contributed by atoms with Crippen molar-refractivity contribution in [2.45, 2.75) is 70.6 Å². The molecule has 1 atom stereocenters. The number of aromatic nitrogens is 6. The number of carbonyl (C=O) groups is 1. The highest BCUT2D eigenvalue weighted by Crippen LogP contribution is 2.26. The Labute approximate surface area is 147 Å². The lowest BCUT2D eigenvalue weighted by Crippen LogP contribution is -2.29. The zero-order valence-corrected chi connectivity index (χ0v) is 15.0. The Hall–Kier alpha value is -2.29. The van der Waals surface area contributed by atoms with Gasteiger partial charge in [0.1, 0.15) is 6.33 Å². The van der Waals surface area contributed by atoms with Crippen LogP contribution in [0.1, 0.15) is 80.9 Å². The molecule has 2 heterocycles. The molecule has 0 aliphatic heterocycles. The number of amides is 1. The summed E-state index contributed by atoms with van der Waals surface area (Å²) in [7, 11) is 0. The quantitative estimate of drug-likeness (QED) is 0.845. The van der Waals surface area contributed by atoms with Gasteiger partial charge in [-0.05, 0) is 46.5 Å². The van der Waals surface area contributed by atoms with Crippen molar-refractivity contribution in [3.05, 3.63) is 24.0 Å². The molecule has 1 fully saturated rings. The van der Waals surface area contributed by atoms with E-state index in [1.807, 2.05) is 25.3 Å². The van der Waals surface area contributed by atoms with Crippen molar-refractivity contribution in [3.63, 3.8) is 0 Å². The molecule has 1 aliphatic carbocycles. The average Bonchev–Trinajstić information content (AvgIpc) is 3.25. The Morgan fingerprint density at radius 2 is 1.96 bits per heavy atom. The predicted molar refractivity (Wildman–Crippen MR) is 91.8 cm³/mol. The molecule has 0 radical (unpaired) electrons. The van der Waals surface area contributed by atoms with Crippen LogP contribution in [0.5, 0.6) is 0 Å². The molecule has 0 aromatic carbocycles. The third kappa shape index (κ3) is 3.87. The number of nitrogens with zero attached hydrogens (tertiary/aromatic N) is 6. The summed E-state index contributed by atoms with van der Waals surface area (Å²) >= 11 is 0. The number of carbonyl (C=O) groups excluding carboxylic acids is 1. The zero-order chi connectivity index (χ0) is 18.0. The Morgan fingerprint density at radius 1 is 1.24 bits per heavy atom. The van der Waals surface area contributed by atoms with Crippen LogP contribution < -0.4 is 11.1 Å². The maximum Gasteiger partial charge on any atom is 0.274 e. The van der Waals surface area contributed by atoms with Gasteiger partial charge in [0.05, 0.1) is 18.3 Å². The molecule has 1 saturated carbocycles. The largest absolute Gasteiger partial charge is 0.341 e. The first-order chi connectivity index (χ1) is 12.0. The molecule has 1 aliphatic rings. The smallest absolute Gasteiger partial charge is 0.274 e. The second-order valence-corrected chi connectivity index (χ2v) is 7.04. The van der Waals surface area contributed by atoms with E-state index in [0.717, 1.165) is 31.5 Å². The van der Waals surface area contributed by atoms with Gasteiger partial charge in [0.25, 0.3) is 5.91 Å². The van der Waals surface area contributed by atoms with Gasteiger partial charge in [-0.1, -0.05) is 5.21 Å². The van der Waals surface area contributed by atoms with Crippen LogP contribution in [0.25, 0.3) is 0 Å². The highest BCUT2D eigenvalue weighted by Gasteiger charge is 2.23. The summed E-state index contributed by atoms with van der Waals surface area (Å²) in [6, 6.07) is 0.509. The van der Waals surface area contributed by atoms with Crippen molar-refractivity contribution in [1.29, 1.82) is 0 Å². The molecule has 9 heteroatoms. The summed E-state index contributed by atoms with van der Waals surface area (Å²) in [5, 5.41) is 19.1. The molecular formula is C16H26N8O. The summed E-state index contributed by atoms with van der Waals surface area (Å²) in [6.45, 7) is 5.97. The fraction of sp³-hybridized carbons (Fsp3) is 0.688. The van der Waals surface area contributed by atoms with E-state index in [2.05, 4.69) is 25.8 Å². The van der Waals surface area contributed by atoms with Crippen molar-refractivity contribution in [2.75, 3.05) is 0 Å². The molecule has 0 unspecified atom stereocenters. The molecule has 9 nitrogen and oxygen atoms in total. The summed E-state index contributed by atoms with van der Waals surface area (Å²) in [6.07, 6.45) is 7.30. The molecular weight excluding hydrogens is 320 g/mol. The highest BCUT2D eigenvalue weighted by atomic mass is 16.2. The number of rotatable bonds is 5. The monoisotopic (exact) mass is 346 g/mol. The molecule has 1 amide bonds. The van der Waals surface area contributed by atoms with Gasteiger partial charge in [-0.2, -0.15) is 0 Å². The second kappa shape index (κ2) is 7.30. The molecule has 25 heavy (non-hydrogen) atoms. The lowest BCUT2D eigenvalue weighted by Gasteiger charge is -2.25. The van der Waals surface area contributed by atoms with E-state index in [9.17, 15) is 4.79 Å². The van der Waals surface area contributed by atoms with E-state index < -0.39 is 0 Å². The number of hydrogen-bond donors (Lipinski definition) is 2. The Kier molecular flexibility index (Phi) is 5.12. The average molecular weight is 346 g/mol. The van der Waals surface area contributed by atoms with Crippen LogP contribution in [-0.2, 0) is 0 Å². The van der Waals surface area contributed by atoms with E-state index in [1.54, 1.807) is 17.2 Å². The number of hydrogen-bond acceptors (Lipinski definition) is 6. The number of nitrogens with one attached hydrogen (secondary N) is 1. The Bertz CT molecular complexity index is 713. The summed E-state index contributed by atoms with van der Waals surface area (Å²) < 4.78 is 3.73. The van der Waals surface area contributed by atoms with Crippen LogP contribution in [0.4, 0.5) is 0 Å². The maximum atomic E-state index is 12.5. The van der Waals surface area contributed by atoms with Gasteiger partial charge in [-0.3, -0.25) is 4.79 Å². The first kappa shape index (κ1) is 17.5. The third-order valence-electron chi connectivity index (χ3n) is 4.75. The fourth-order valence-corrected chi connectivity index (χ4v) is 3.22. The summed E-state index contributed by atoms with van der Waals surface area (Å²) in [4.78, 5) is 12.5. The minimum Gasteiger partial charge on any atom is -0.341 e. The van der Waals surface area contributed by atoms with Crippen LogP contribution >= 0.6 is 0 Å². The molecule has 0 spiro atoms. The van der Waals surface area contributed by atoms with Crippen molar-refractivity contribution >= 4 is 5.91 Å². The van der Waals surface area contributed by atoms with Crippen molar-refractivity contribution in [1.82, 2.24) is 35.1 Å². The first-order valence-corrected chi connectivity index (χ1v) is 8.83. The lowest BCUT2D eigenvalue weighted by atomic mass is 9.92. The Balaban J connectivity index is 1.64. The normalized spacial score (nSPS) is 22.1. The molecule has 2 aromatic rings. The minimum atomic E-state index is -0.268. The van der Waals surface area contributed by atoms with E-state index in [4.69, 9.17) is 5.73 Å². The fourth-order valence-electron chi connectivity index (χ4n) is 3.22. The van der Waals surface area contributed by atoms with Crippen molar-refractivity contribution in [2.24, 2.45) is 5.73 Å². The number of nitrogens with two attached hydrogens (primary N) is 1. The summed E-state index contributed by atoms with van der Waals surface area (Å²) in [5.74, 6) is 0.460. The minimum absolute atomic E-state index is 0.225. The topological polar surface area (TPSA) is 117 Å². The Morgan fingerprint density at radius 3 is 2.64 bits per heavy atom. The van der Waals surface area contributed by atoms with Crippen LogP contribution in [0.2, 0.25) is 0 Å². The molecule has 3 N–H and O–H groups in total. The van der Waals surface area contributed by atoms with Gasteiger partial charge in [0, 0.05) is 12.1 Å². The first-order valence-electron chi connectivity index (χ1n) is 8.83.